The van der Waals surface area contributed by atoms with E-state index in [9.17, 15) is 26.4 Å². The smallest absolute Gasteiger partial charge is 0.323 e. The van der Waals surface area contributed by atoms with Gasteiger partial charge >= 0.3 is 6.18 Å². The molecule has 0 saturated heterocycles. The van der Waals surface area contributed by atoms with Crippen molar-refractivity contribution in [1.82, 2.24) is 0 Å². The molecule has 4 nitrogen and oxygen atoms in total. The van der Waals surface area contributed by atoms with E-state index < -0.39 is 27.5 Å². The van der Waals surface area contributed by atoms with Crippen LogP contribution in [0.2, 0.25) is 0 Å². The van der Waals surface area contributed by atoms with Gasteiger partial charge in [0.05, 0.1) is 16.2 Å². The van der Waals surface area contributed by atoms with Crippen molar-refractivity contribution in [2.75, 3.05) is 11.1 Å². The lowest BCUT2D eigenvalue weighted by atomic mass is 10.1. The van der Waals surface area contributed by atoms with Crippen molar-refractivity contribution in [3.8, 4) is 0 Å². The molecule has 0 bridgehead atoms. The lowest BCUT2D eigenvalue weighted by molar-refractivity contribution is -0.137. The molecule has 0 aromatic heterocycles. The molecule has 0 aliphatic carbocycles. The Morgan fingerprint density at radius 2 is 1.77 bits per heavy atom. The Balaban J connectivity index is 2.06. The van der Waals surface area contributed by atoms with Crippen LogP contribution in [0.15, 0.2) is 59.5 Å². The number of halogens is 3. The minimum absolute atomic E-state index is 0.0293. The van der Waals surface area contributed by atoms with Gasteiger partial charge in [-0.1, -0.05) is 19.1 Å². The number of sulfone groups is 1. The molecule has 0 unspecified atom stereocenters. The van der Waals surface area contributed by atoms with Crippen molar-refractivity contribution in [3.63, 3.8) is 0 Å². The first-order valence-electron chi connectivity index (χ1n) is 7.61. The van der Waals surface area contributed by atoms with E-state index in [1.54, 1.807) is 0 Å². The summed E-state index contributed by atoms with van der Waals surface area (Å²) in [6.07, 6.45) is -2.08. The monoisotopic (exact) mass is 383 g/mol. The maximum atomic E-state index is 12.7. The minimum atomic E-state index is -4.45. The highest BCUT2D eigenvalue weighted by Crippen LogP contribution is 2.29. The SMILES string of the molecule is CCS(=O)(=O)c1ccc(NC(=O)/C=C/c2cccc(C(F)(F)F)c2)cc1. The largest absolute Gasteiger partial charge is 0.416 e. The Labute approximate surface area is 149 Å². The average molecular weight is 383 g/mol. The van der Waals surface area contributed by atoms with Gasteiger partial charge in [0, 0.05) is 11.8 Å². The van der Waals surface area contributed by atoms with Crippen LogP contribution in [0.1, 0.15) is 18.1 Å². The second-order valence-electron chi connectivity index (χ2n) is 5.37. The number of hydrogen-bond donors (Lipinski definition) is 1. The number of carbonyl (C=O) groups excluding carboxylic acids is 1. The number of alkyl halides is 3. The number of hydrogen-bond acceptors (Lipinski definition) is 3. The van der Waals surface area contributed by atoms with Crippen molar-refractivity contribution in [1.29, 1.82) is 0 Å². The van der Waals surface area contributed by atoms with Crippen LogP contribution in [-0.4, -0.2) is 20.1 Å². The van der Waals surface area contributed by atoms with Gasteiger partial charge in [-0.05, 0) is 48.0 Å². The summed E-state index contributed by atoms with van der Waals surface area (Å²) in [5.74, 6) is -0.577. The van der Waals surface area contributed by atoms with Crippen molar-refractivity contribution >= 4 is 27.5 Å². The summed E-state index contributed by atoms with van der Waals surface area (Å²) in [6.45, 7) is 1.53. The zero-order chi connectivity index (χ0) is 19.4. The van der Waals surface area contributed by atoms with Gasteiger partial charge in [-0.2, -0.15) is 13.2 Å². The third-order valence-corrected chi connectivity index (χ3v) is 5.25. The lowest BCUT2D eigenvalue weighted by Crippen LogP contribution is -2.08. The van der Waals surface area contributed by atoms with Gasteiger partial charge in [0.25, 0.3) is 0 Å². The number of nitrogens with one attached hydrogen (secondary N) is 1. The quantitative estimate of drug-likeness (QED) is 0.789. The molecule has 0 spiro atoms. The minimum Gasteiger partial charge on any atom is -0.323 e. The van der Waals surface area contributed by atoms with Crippen LogP contribution >= 0.6 is 0 Å². The first kappa shape index (κ1) is 19.7. The Hall–Kier alpha value is -2.61. The van der Waals surface area contributed by atoms with E-state index in [1.165, 1.54) is 49.4 Å². The molecule has 26 heavy (non-hydrogen) atoms. The van der Waals surface area contributed by atoms with Crippen LogP contribution in [0.4, 0.5) is 18.9 Å². The van der Waals surface area contributed by atoms with E-state index in [4.69, 9.17) is 0 Å². The lowest BCUT2D eigenvalue weighted by Gasteiger charge is -2.07. The zero-order valence-corrected chi connectivity index (χ0v) is 14.6. The molecular weight excluding hydrogens is 367 g/mol. The topological polar surface area (TPSA) is 63.2 Å². The predicted molar refractivity (Wildman–Crippen MR) is 93.3 cm³/mol. The highest BCUT2D eigenvalue weighted by Gasteiger charge is 2.30. The normalized spacial score (nSPS) is 12.3. The van der Waals surface area contributed by atoms with E-state index in [0.29, 0.717) is 5.69 Å². The first-order valence-corrected chi connectivity index (χ1v) is 9.26. The van der Waals surface area contributed by atoms with Crippen LogP contribution < -0.4 is 5.32 Å². The summed E-state index contributed by atoms with van der Waals surface area (Å²) < 4.78 is 61.4. The van der Waals surface area contributed by atoms with E-state index in [-0.39, 0.29) is 16.2 Å². The molecule has 0 aliphatic heterocycles. The van der Waals surface area contributed by atoms with Crippen LogP contribution in [0.5, 0.6) is 0 Å². The van der Waals surface area contributed by atoms with Gasteiger partial charge in [0.1, 0.15) is 0 Å². The van der Waals surface area contributed by atoms with Crippen LogP contribution in [-0.2, 0) is 20.8 Å². The number of rotatable bonds is 5. The van der Waals surface area contributed by atoms with E-state index in [1.807, 2.05) is 0 Å². The van der Waals surface area contributed by atoms with Gasteiger partial charge in [-0.3, -0.25) is 4.79 Å². The molecule has 138 valence electrons. The molecule has 0 radical (unpaired) electrons. The summed E-state index contributed by atoms with van der Waals surface area (Å²) in [4.78, 5) is 12.0. The Morgan fingerprint density at radius 1 is 1.12 bits per heavy atom. The molecule has 8 heteroatoms. The van der Waals surface area contributed by atoms with Gasteiger partial charge in [-0.15, -0.1) is 0 Å². The van der Waals surface area contributed by atoms with E-state index in [0.717, 1.165) is 18.2 Å². The molecular formula is C18H16F3NO3S. The van der Waals surface area contributed by atoms with Gasteiger partial charge in [-0.25, -0.2) is 8.42 Å². The van der Waals surface area contributed by atoms with Crippen LogP contribution in [0, 0.1) is 0 Å². The number of amides is 1. The maximum absolute atomic E-state index is 12.7. The molecule has 0 aliphatic rings. The second kappa shape index (κ2) is 7.74. The fourth-order valence-electron chi connectivity index (χ4n) is 2.09. The standard InChI is InChI=1S/C18H16F3NO3S/c1-2-26(24,25)16-9-7-15(8-10-16)22-17(23)11-6-13-4-3-5-14(12-13)18(19,20)21/h3-12H,2H2,1H3,(H,22,23)/b11-6+. The van der Waals surface area contributed by atoms with Crippen molar-refractivity contribution in [2.45, 2.75) is 18.0 Å². The summed E-state index contributed by atoms with van der Waals surface area (Å²) >= 11 is 0. The maximum Gasteiger partial charge on any atom is 0.416 e. The highest BCUT2D eigenvalue weighted by molar-refractivity contribution is 7.91. The summed E-state index contributed by atoms with van der Waals surface area (Å²) in [5, 5.41) is 2.51. The fraction of sp³-hybridized carbons (Fsp3) is 0.167. The van der Waals surface area contributed by atoms with Crippen molar-refractivity contribution in [2.24, 2.45) is 0 Å². The Bertz CT molecular complexity index is 917. The fourth-order valence-corrected chi connectivity index (χ4v) is 2.97. The molecule has 0 saturated carbocycles. The third kappa shape index (κ3) is 5.19. The van der Waals surface area contributed by atoms with E-state index >= 15 is 0 Å². The van der Waals surface area contributed by atoms with Gasteiger partial charge in [0.2, 0.25) is 5.91 Å². The molecule has 0 fully saturated rings. The number of benzene rings is 2. The van der Waals surface area contributed by atoms with Gasteiger partial charge < -0.3 is 5.32 Å². The Morgan fingerprint density at radius 3 is 2.35 bits per heavy atom. The zero-order valence-electron chi connectivity index (χ0n) is 13.7. The number of anilines is 1. The molecule has 0 heterocycles. The second-order valence-corrected chi connectivity index (χ2v) is 7.65. The van der Waals surface area contributed by atoms with Crippen LogP contribution in [0.25, 0.3) is 6.08 Å². The molecule has 1 amide bonds. The molecule has 1 N–H and O–H groups in total. The highest BCUT2D eigenvalue weighted by atomic mass is 32.2. The predicted octanol–water partition coefficient (Wildman–Crippen LogP) is 4.15. The summed E-state index contributed by atoms with van der Waals surface area (Å²) in [5.41, 5.74) is -0.189. The third-order valence-electron chi connectivity index (χ3n) is 3.50. The summed E-state index contributed by atoms with van der Waals surface area (Å²) in [7, 11) is -3.32. The van der Waals surface area contributed by atoms with Crippen LogP contribution in [0.3, 0.4) is 0 Å². The molecule has 2 aromatic carbocycles. The molecule has 0 atom stereocenters. The van der Waals surface area contributed by atoms with E-state index in [2.05, 4.69) is 5.32 Å². The van der Waals surface area contributed by atoms with Gasteiger partial charge in [0.15, 0.2) is 9.84 Å². The van der Waals surface area contributed by atoms with Crippen molar-refractivity contribution < 1.29 is 26.4 Å². The number of carbonyl (C=O) groups is 1. The Kier molecular flexibility index (Phi) is 5.86. The molecule has 2 rings (SSSR count). The molecule has 2 aromatic rings. The van der Waals surface area contributed by atoms with Crippen molar-refractivity contribution in [3.05, 3.63) is 65.7 Å². The summed E-state index contributed by atoms with van der Waals surface area (Å²) in [6, 6.07) is 10.2. The average Bonchev–Trinajstić information content (AvgIpc) is 2.60. The first-order chi connectivity index (χ1) is 12.1.